The third kappa shape index (κ3) is 5.25. The molecule has 0 aliphatic carbocycles. The van der Waals surface area contributed by atoms with Crippen molar-refractivity contribution in [1.29, 1.82) is 0 Å². The second-order valence-corrected chi connectivity index (χ2v) is 6.56. The van der Waals surface area contributed by atoms with Crippen molar-refractivity contribution >= 4 is 27.8 Å². The van der Waals surface area contributed by atoms with E-state index in [1.165, 1.54) is 0 Å². The fourth-order valence-corrected chi connectivity index (χ4v) is 2.90. The number of unbranched alkanes of at least 4 members (excludes halogenated alkanes) is 2. The number of rotatable bonds is 9. The van der Waals surface area contributed by atoms with Crippen LogP contribution in [0.25, 0.3) is 0 Å². The molecule has 0 aromatic carbocycles. The van der Waals surface area contributed by atoms with E-state index in [0.717, 1.165) is 37.1 Å². The summed E-state index contributed by atoms with van der Waals surface area (Å²) in [5.74, 6) is -0.619. The summed E-state index contributed by atoms with van der Waals surface area (Å²) in [6.45, 7) is 0.319. The van der Waals surface area contributed by atoms with Gasteiger partial charge in [0.1, 0.15) is 0 Å². The molecule has 1 aromatic heterocycles. The van der Waals surface area contributed by atoms with E-state index in [9.17, 15) is 13.2 Å². The summed E-state index contributed by atoms with van der Waals surface area (Å²) in [6.07, 6.45) is 4.76. The highest BCUT2D eigenvalue weighted by molar-refractivity contribution is 7.98. The predicted molar refractivity (Wildman–Crippen MR) is 73.1 cm³/mol. The quantitative estimate of drug-likeness (QED) is 0.675. The summed E-state index contributed by atoms with van der Waals surface area (Å²) in [6, 6.07) is 2.26. The Bertz CT molecular complexity index is 509. The van der Waals surface area contributed by atoms with Gasteiger partial charge in [-0.1, -0.05) is 6.42 Å². The molecule has 0 amide bonds. The van der Waals surface area contributed by atoms with Crippen LogP contribution in [0.3, 0.4) is 0 Å². The van der Waals surface area contributed by atoms with Gasteiger partial charge in [0.25, 0.3) is 10.0 Å². The molecule has 0 aliphatic rings. The number of carboxylic acids is 1. The van der Waals surface area contributed by atoms with E-state index in [2.05, 4.69) is 4.72 Å². The minimum Gasteiger partial charge on any atom is -0.475 e. The van der Waals surface area contributed by atoms with Crippen LogP contribution < -0.4 is 4.72 Å². The first-order valence-corrected chi connectivity index (χ1v) is 8.67. The van der Waals surface area contributed by atoms with Gasteiger partial charge in [0, 0.05) is 6.54 Å². The Kier molecular flexibility index (Phi) is 6.40. The lowest BCUT2D eigenvalue weighted by Crippen LogP contribution is -2.24. The van der Waals surface area contributed by atoms with Crippen LogP contribution in [-0.4, -0.2) is 38.0 Å². The van der Waals surface area contributed by atoms with Gasteiger partial charge in [0.05, 0.1) is 0 Å². The SMILES string of the molecule is CSCCCCCNS(=O)(=O)c1ccc(C(=O)O)o1. The zero-order valence-corrected chi connectivity index (χ0v) is 12.2. The van der Waals surface area contributed by atoms with E-state index in [1.54, 1.807) is 11.8 Å². The van der Waals surface area contributed by atoms with Crippen molar-refractivity contribution in [2.75, 3.05) is 18.6 Å². The third-order valence-electron chi connectivity index (χ3n) is 2.37. The van der Waals surface area contributed by atoms with Crippen molar-refractivity contribution in [2.45, 2.75) is 24.4 Å². The summed E-state index contributed by atoms with van der Waals surface area (Å²) < 4.78 is 30.6. The molecule has 1 heterocycles. The average molecular weight is 307 g/mol. The topological polar surface area (TPSA) is 96.6 Å². The lowest BCUT2D eigenvalue weighted by atomic mass is 10.2. The Morgan fingerprint density at radius 3 is 2.68 bits per heavy atom. The molecular formula is C11H17NO5S2. The minimum atomic E-state index is -3.75. The smallest absolute Gasteiger partial charge is 0.371 e. The molecule has 0 fully saturated rings. The van der Waals surface area contributed by atoms with Crippen LogP contribution in [-0.2, 0) is 10.0 Å². The first-order chi connectivity index (χ1) is 8.97. The molecule has 19 heavy (non-hydrogen) atoms. The normalized spacial score (nSPS) is 11.6. The number of furan rings is 1. The molecule has 0 saturated carbocycles. The number of hydrogen-bond acceptors (Lipinski definition) is 5. The Labute approximate surface area is 116 Å². The van der Waals surface area contributed by atoms with Gasteiger partial charge in [-0.25, -0.2) is 17.9 Å². The molecular weight excluding hydrogens is 290 g/mol. The maximum Gasteiger partial charge on any atom is 0.371 e. The number of aromatic carboxylic acids is 1. The summed E-state index contributed by atoms with van der Waals surface area (Å²) in [7, 11) is -3.75. The van der Waals surface area contributed by atoms with E-state index in [0.29, 0.717) is 6.54 Å². The van der Waals surface area contributed by atoms with E-state index in [4.69, 9.17) is 9.52 Å². The number of sulfonamides is 1. The molecule has 0 unspecified atom stereocenters. The molecule has 1 rings (SSSR count). The Morgan fingerprint density at radius 2 is 2.11 bits per heavy atom. The van der Waals surface area contributed by atoms with Crippen LogP contribution in [0.1, 0.15) is 29.8 Å². The first-order valence-electron chi connectivity index (χ1n) is 5.79. The highest BCUT2D eigenvalue weighted by Gasteiger charge is 2.20. The molecule has 0 saturated heterocycles. The molecule has 1 aromatic rings. The Balaban J connectivity index is 2.44. The lowest BCUT2D eigenvalue weighted by Gasteiger charge is -2.03. The van der Waals surface area contributed by atoms with E-state index in [-0.39, 0.29) is 10.9 Å². The van der Waals surface area contributed by atoms with Gasteiger partial charge < -0.3 is 9.52 Å². The molecule has 0 spiro atoms. The van der Waals surface area contributed by atoms with Crippen LogP contribution in [0.5, 0.6) is 0 Å². The van der Waals surface area contributed by atoms with Crippen molar-refractivity contribution in [3.8, 4) is 0 Å². The monoisotopic (exact) mass is 307 g/mol. The predicted octanol–water partition coefficient (Wildman–Crippen LogP) is 1.79. The number of carbonyl (C=O) groups is 1. The molecule has 0 bridgehead atoms. The molecule has 0 atom stereocenters. The fraction of sp³-hybridized carbons (Fsp3) is 0.545. The molecule has 0 radical (unpaired) electrons. The molecule has 0 aliphatic heterocycles. The van der Waals surface area contributed by atoms with E-state index in [1.807, 2.05) is 6.26 Å². The van der Waals surface area contributed by atoms with Crippen molar-refractivity contribution in [2.24, 2.45) is 0 Å². The van der Waals surface area contributed by atoms with Gasteiger partial charge in [-0.2, -0.15) is 11.8 Å². The molecule has 6 nitrogen and oxygen atoms in total. The Hall–Kier alpha value is -0.990. The van der Waals surface area contributed by atoms with Gasteiger partial charge in [-0.3, -0.25) is 0 Å². The zero-order valence-electron chi connectivity index (χ0n) is 10.6. The highest BCUT2D eigenvalue weighted by Crippen LogP contribution is 2.13. The maximum atomic E-state index is 11.8. The largest absolute Gasteiger partial charge is 0.475 e. The fourth-order valence-electron chi connectivity index (χ4n) is 1.41. The van der Waals surface area contributed by atoms with Gasteiger partial charge >= 0.3 is 5.97 Å². The van der Waals surface area contributed by atoms with Crippen LogP contribution in [0.2, 0.25) is 0 Å². The van der Waals surface area contributed by atoms with Gasteiger partial charge in [0.2, 0.25) is 10.9 Å². The van der Waals surface area contributed by atoms with Gasteiger partial charge in [-0.15, -0.1) is 0 Å². The van der Waals surface area contributed by atoms with Crippen LogP contribution in [0, 0.1) is 0 Å². The highest BCUT2D eigenvalue weighted by atomic mass is 32.2. The number of thioether (sulfide) groups is 1. The second-order valence-electron chi connectivity index (χ2n) is 3.88. The van der Waals surface area contributed by atoms with Gasteiger partial charge in [0.15, 0.2) is 0 Å². The number of carboxylic acid groups (broad SMARTS) is 1. The van der Waals surface area contributed by atoms with Crippen LogP contribution in [0.15, 0.2) is 21.6 Å². The number of nitrogens with one attached hydrogen (secondary N) is 1. The van der Waals surface area contributed by atoms with Crippen LogP contribution in [0.4, 0.5) is 0 Å². The summed E-state index contributed by atoms with van der Waals surface area (Å²) >= 11 is 1.76. The van der Waals surface area contributed by atoms with Gasteiger partial charge in [-0.05, 0) is 37.0 Å². The Morgan fingerprint density at radius 1 is 1.37 bits per heavy atom. The summed E-state index contributed by atoms with van der Waals surface area (Å²) in [5.41, 5.74) is 0. The van der Waals surface area contributed by atoms with E-state index < -0.39 is 16.0 Å². The lowest BCUT2D eigenvalue weighted by molar-refractivity contribution is 0.0656. The third-order valence-corrected chi connectivity index (χ3v) is 4.40. The first kappa shape index (κ1) is 16.1. The summed E-state index contributed by atoms with van der Waals surface area (Å²) in [4.78, 5) is 10.6. The summed E-state index contributed by atoms with van der Waals surface area (Å²) in [5, 5.41) is 8.28. The zero-order chi connectivity index (χ0) is 14.3. The average Bonchev–Trinajstić information content (AvgIpc) is 2.84. The number of hydrogen-bond donors (Lipinski definition) is 2. The molecule has 8 heteroatoms. The minimum absolute atomic E-state index is 0.319. The van der Waals surface area contributed by atoms with E-state index >= 15 is 0 Å². The standard InChI is InChI=1S/C11H17NO5S2/c1-18-8-4-2-3-7-12-19(15,16)10-6-5-9(17-10)11(13)14/h5-6,12H,2-4,7-8H2,1H3,(H,13,14). The molecule has 108 valence electrons. The maximum absolute atomic E-state index is 11.8. The second kappa shape index (κ2) is 7.56. The van der Waals surface area contributed by atoms with Crippen LogP contribution >= 0.6 is 11.8 Å². The molecule has 2 N–H and O–H groups in total. The van der Waals surface area contributed by atoms with Crippen molar-refractivity contribution in [3.05, 3.63) is 17.9 Å². The van der Waals surface area contributed by atoms with Crippen molar-refractivity contribution in [3.63, 3.8) is 0 Å². The van der Waals surface area contributed by atoms with Crippen molar-refractivity contribution < 1.29 is 22.7 Å². The van der Waals surface area contributed by atoms with Crippen molar-refractivity contribution in [1.82, 2.24) is 4.72 Å².